The maximum absolute atomic E-state index is 13.0. The summed E-state index contributed by atoms with van der Waals surface area (Å²) in [5.41, 5.74) is 4.05. The molecule has 2 aromatic rings. The molecule has 0 aliphatic heterocycles. The van der Waals surface area contributed by atoms with Gasteiger partial charge in [0, 0.05) is 44.6 Å². The Kier molecular flexibility index (Phi) is 3.39. The van der Waals surface area contributed by atoms with E-state index in [0.717, 1.165) is 42.7 Å². The van der Waals surface area contributed by atoms with Crippen LogP contribution in [0, 0.1) is 25.7 Å². The molecule has 3 aliphatic carbocycles. The van der Waals surface area contributed by atoms with Crippen molar-refractivity contribution < 1.29 is 9.59 Å². The molecule has 4 atom stereocenters. The fourth-order valence-corrected chi connectivity index (χ4v) is 8.76. The summed E-state index contributed by atoms with van der Waals surface area (Å²) < 4.78 is 2.14. The lowest BCUT2D eigenvalue weighted by molar-refractivity contribution is 0.0789. The fraction of sp³-hybridized carbons (Fsp3) is 0.444. The Morgan fingerprint density at radius 1 is 0.750 bits per heavy atom. The maximum Gasteiger partial charge on any atom is 0.168 e. The van der Waals surface area contributed by atoms with Gasteiger partial charge in [-0.15, -0.1) is 22.7 Å². The predicted octanol–water partition coefficient (Wildman–Crippen LogP) is 6.24. The molecule has 0 amide bonds. The van der Waals surface area contributed by atoms with Crippen molar-refractivity contribution in [3.63, 3.8) is 0 Å². The highest BCUT2D eigenvalue weighted by Gasteiger charge is 2.54. The number of ketones is 2. The van der Waals surface area contributed by atoms with Crippen LogP contribution in [0.1, 0.15) is 66.3 Å². The molecule has 0 radical (unpaired) electrons. The molecule has 0 aromatic carbocycles. The number of hydrogen-bond donors (Lipinski definition) is 0. The van der Waals surface area contributed by atoms with Crippen LogP contribution in [0.25, 0.3) is 0 Å². The molecule has 0 spiro atoms. The summed E-state index contributed by atoms with van der Waals surface area (Å²) in [6.45, 7) is 4.05. The zero-order valence-corrected chi connectivity index (χ0v) is 17.9. The van der Waals surface area contributed by atoms with Gasteiger partial charge in [0.05, 0.1) is 7.57 Å². The number of Topliss-reactive ketones (excluding diaryl/α,β-unsaturated/α-hetero) is 2. The van der Waals surface area contributed by atoms with Crippen molar-refractivity contribution >= 4 is 66.1 Å². The topological polar surface area (TPSA) is 34.1 Å². The number of carbonyl (C=O) groups excluding carboxylic acids is 2. The molecular formula is C18H14Br2O2S2. The fourth-order valence-electron chi connectivity index (χ4n) is 4.88. The van der Waals surface area contributed by atoms with Gasteiger partial charge in [-0.05, 0) is 69.7 Å². The maximum atomic E-state index is 13.0. The molecular weight excluding hydrogens is 472 g/mol. The highest BCUT2D eigenvalue weighted by molar-refractivity contribution is 9.11. The minimum atomic E-state index is 0.0687. The lowest BCUT2D eigenvalue weighted by atomic mass is 9.70. The third-order valence-corrected chi connectivity index (χ3v) is 10.6. The van der Waals surface area contributed by atoms with E-state index in [4.69, 9.17) is 0 Å². The van der Waals surface area contributed by atoms with Crippen molar-refractivity contribution in [3.8, 4) is 0 Å². The van der Waals surface area contributed by atoms with Crippen molar-refractivity contribution in [2.45, 2.75) is 38.5 Å². The van der Waals surface area contributed by atoms with E-state index in [9.17, 15) is 9.59 Å². The zero-order chi connectivity index (χ0) is 16.9. The number of hydrogen-bond acceptors (Lipinski definition) is 4. The number of fused-ring (bicyclic) bond motifs is 6. The first-order valence-corrected chi connectivity index (χ1v) is 11.3. The molecule has 6 heteroatoms. The molecule has 3 aliphatic rings. The summed E-state index contributed by atoms with van der Waals surface area (Å²) in [5, 5.41) is 0. The van der Waals surface area contributed by atoms with Crippen LogP contribution in [0.2, 0.25) is 0 Å². The van der Waals surface area contributed by atoms with Crippen molar-refractivity contribution in [2.24, 2.45) is 11.8 Å². The first-order chi connectivity index (χ1) is 11.4. The van der Waals surface area contributed by atoms with Gasteiger partial charge in [-0.25, -0.2) is 0 Å². The van der Waals surface area contributed by atoms with Crippen LogP contribution in [0.15, 0.2) is 7.57 Å². The molecule has 0 saturated heterocycles. The standard InChI is InChI=1S/C18H14Br2O2S2/c1-5-11-13(21)7-3-10-8(4-9(7)15(11)23-17(5)19)14(22)12-6(2)18(20)24-16(10)12/h7-10H,3-4H2,1-2H3. The molecule has 0 bridgehead atoms. The SMILES string of the molecule is Cc1c(Br)sc2c1C(=O)C1CC3c4sc(Br)c(C)c4C(=O)C3CC21. The van der Waals surface area contributed by atoms with E-state index >= 15 is 0 Å². The van der Waals surface area contributed by atoms with Gasteiger partial charge in [0.15, 0.2) is 11.6 Å². The van der Waals surface area contributed by atoms with Gasteiger partial charge in [-0.3, -0.25) is 9.59 Å². The van der Waals surface area contributed by atoms with Gasteiger partial charge in [0.1, 0.15) is 0 Å². The third-order valence-electron chi connectivity index (χ3n) is 6.06. The zero-order valence-electron chi connectivity index (χ0n) is 13.1. The summed E-state index contributed by atoms with van der Waals surface area (Å²) in [7, 11) is 0. The minimum Gasteiger partial charge on any atom is -0.294 e. The van der Waals surface area contributed by atoms with E-state index in [-0.39, 0.29) is 23.7 Å². The number of thiophene rings is 2. The van der Waals surface area contributed by atoms with Gasteiger partial charge < -0.3 is 0 Å². The third kappa shape index (κ3) is 1.81. The largest absolute Gasteiger partial charge is 0.294 e. The van der Waals surface area contributed by atoms with Crippen LogP contribution >= 0.6 is 54.5 Å². The molecule has 1 fully saturated rings. The van der Waals surface area contributed by atoms with Crippen molar-refractivity contribution in [1.82, 2.24) is 0 Å². The predicted molar refractivity (Wildman–Crippen MR) is 104 cm³/mol. The first-order valence-electron chi connectivity index (χ1n) is 8.06. The summed E-state index contributed by atoms with van der Waals surface area (Å²) >= 11 is 10.6. The molecule has 0 N–H and O–H groups in total. The highest BCUT2D eigenvalue weighted by Crippen LogP contribution is 2.61. The van der Waals surface area contributed by atoms with Crippen LogP contribution in [0.3, 0.4) is 0 Å². The molecule has 4 unspecified atom stereocenters. The van der Waals surface area contributed by atoms with Crippen molar-refractivity contribution in [1.29, 1.82) is 0 Å². The van der Waals surface area contributed by atoms with Crippen LogP contribution in [0.5, 0.6) is 0 Å². The Bertz CT molecular complexity index is 863. The summed E-state index contributed by atoms with van der Waals surface area (Å²) in [4.78, 5) is 28.5. The van der Waals surface area contributed by atoms with Gasteiger partial charge in [0.25, 0.3) is 0 Å². The monoisotopic (exact) mass is 484 g/mol. The number of carbonyl (C=O) groups is 2. The Morgan fingerprint density at radius 2 is 1.12 bits per heavy atom. The molecule has 2 nitrogen and oxygen atoms in total. The van der Waals surface area contributed by atoms with Crippen LogP contribution in [-0.4, -0.2) is 11.6 Å². The first kappa shape index (κ1) is 15.9. The smallest absolute Gasteiger partial charge is 0.168 e. The second-order valence-electron chi connectivity index (χ2n) is 7.11. The van der Waals surface area contributed by atoms with E-state index in [1.807, 2.05) is 13.8 Å². The van der Waals surface area contributed by atoms with Crippen molar-refractivity contribution in [2.75, 3.05) is 0 Å². The Hall–Kier alpha value is -0.300. The summed E-state index contributed by atoms with van der Waals surface area (Å²) in [6.07, 6.45) is 1.66. The number of rotatable bonds is 0. The van der Waals surface area contributed by atoms with Gasteiger partial charge in [-0.1, -0.05) is 0 Å². The van der Waals surface area contributed by atoms with Crippen LogP contribution < -0.4 is 0 Å². The molecule has 1 saturated carbocycles. The van der Waals surface area contributed by atoms with Crippen molar-refractivity contribution in [3.05, 3.63) is 39.6 Å². The van der Waals surface area contributed by atoms with Gasteiger partial charge >= 0.3 is 0 Å². The lowest BCUT2D eigenvalue weighted by Gasteiger charge is -2.33. The Balaban J connectivity index is 1.60. The number of halogens is 2. The molecule has 124 valence electrons. The molecule has 2 heterocycles. The Morgan fingerprint density at radius 3 is 1.50 bits per heavy atom. The van der Waals surface area contributed by atoms with E-state index in [1.54, 1.807) is 22.7 Å². The second kappa shape index (κ2) is 5.12. The average molecular weight is 486 g/mol. The van der Waals surface area contributed by atoms with Crippen LogP contribution in [0.4, 0.5) is 0 Å². The average Bonchev–Trinajstić information content (AvgIpc) is 3.19. The molecule has 2 aromatic heterocycles. The summed E-state index contributed by atoms with van der Waals surface area (Å²) in [5.74, 6) is 1.23. The van der Waals surface area contributed by atoms with E-state index in [1.165, 1.54) is 9.75 Å². The van der Waals surface area contributed by atoms with E-state index in [2.05, 4.69) is 31.9 Å². The Labute approximate surface area is 164 Å². The minimum absolute atomic E-state index is 0.0687. The van der Waals surface area contributed by atoms with E-state index in [0.29, 0.717) is 11.6 Å². The summed E-state index contributed by atoms with van der Waals surface area (Å²) in [6, 6.07) is 0. The second-order valence-corrected chi connectivity index (χ2v) is 11.8. The lowest BCUT2D eigenvalue weighted by Crippen LogP contribution is -2.29. The highest BCUT2D eigenvalue weighted by atomic mass is 79.9. The molecule has 5 rings (SSSR count). The molecule has 24 heavy (non-hydrogen) atoms. The van der Waals surface area contributed by atoms with E-state index < -0.39 is 0 Å². The van der Waals surface area contributed by atoms with Gasteiger partial charge in [-0.2, -0.15) is 0 Å². The quantitative estimate of drug-likeness (QED) is 0.442. The van der Waals surface area contributed by atoms with Gasteiger partial charge in [0.2, 0.25) is 0 Å². The normalized spacial score (nSPS) is 30.3. The van der Waals surface area contributed by atoms with Crippen LogP contribution in [-0.2, 0) is 0 Å².